The average Bonchev–Trinajstić information content (AvgIpc) is 3.16. The van der Waals surface area contributed by atoms with Gasteiger partial charge in [0, 0.05) is 23.9 Å². The van der Waals surface area contributed by atoms with Crippen molar-refractivity contribution >= 4 is 12.1 Å². The fourth-order valence-corrected chi connectivity index (χ4v) is 4.25. The molecule has 1 aliphatic heterocycles. The lowest BCUT2D eigenvalue weighted by atomic mass is 9.77. The van der Waals surface area contributed by atoms with Crippen LogP contribution in [0.4, 0.5) is 5.69 Å². The first kappa shape index (κ1) is 21.9. The molecule has 1 atom stereocenters. The van der Waals surface area contributed by atoms with Gasteiger partial charge in [-0.1, -0.05) is 68.4 Å². The minimum atomic E-state index is -0.344. The number of rotatable bonds is 9. The predicted octanol–water partition coefficient (Wildman–Crippen LogP) is 5.97. The second-order valence-electron chi connectivity index (χ2n) is 9.05. The van der Waals surface area contributed by atoms with Crippen molar-refractivity contribution in [2.45, 2.75) is 39.2 Å². The zero-order valence-corrected chi connectivity index (χ0v) is 19.1. The largest absolute Gasteiger partial charge is 0.492 e. The smallest absolute Gasteiger partial charge is 0.214 e. The van der Waals surface area contributed by atoms with Crippen molar-refractivity contribution in [1.82, 2.24) is 0 Å². The highest BCUT2D eigenvalue weighted by molar-refractivity contribution is 5.78. The Morgan fingerprint density at radius 3 is 2.53 bits per heavy atom. The van der Waals surface area contributed by atoms with Gasteiger partial charge in [-0.05, 0) is 42.5 Å². The van der Waals surface area contributed by atoms with Gasteiger partial charge in [0.25, 0.3) is 0 Å². The number of anilines is 1. The Balaban J connectivity index is 1.60. The first-order valence-corrected chi connectivity index (χ1v) is 11.3. The maximum Gasteiger partial charge on any atom is 0.214 e. The Morgan fingerprint density at radius 2 is 1.78 bits per heavy atom. The van der Waals surface area contributed by atoms with Crippen LogP contribution in [0.15, 0.2) is 72.8 Å². The number of fused-ring (bicyclic) bond motifs is 1. The molecule has 0 fully saturated rings. The molecule has 4 nitrogen and oxygen atoms in total. The van der Waals surface area contributed by atoms with Crippen LogP contribution in [0.5, 0.6) is 11.5 Å². The van der Waals surface area contributed by atoms with Crippen LogP contribution in [0.2, 0.25) is 0 Å². The molecule has 1 heterocycles. The van der Waals surface area contributed by atoms with Crippen molar-refractivity contribution in [3.8, 4) is 11.5 Å². The molecule has 32 heavy (non-hydrogen) atoms. The summed E-state index contributed by atoms with van der Waals surface area (Å²) >= 11 is 0. The summed E-state index contributed by atoms with van der Waals surface area (Å²) in [5.41, 5.74) is 3.96. The van der Waals surface area contributed by atoms with Crippen molar-refractivity contribution in [2.75, 3.05) is 18.1 Å². The summed E-state index contributed by atoms with van der Waals surface area (Å²) < 4.78 is 12.1. The Labute approximate surface area is 190 Å². The molecule has 0 saturated carbocycles. The van der Waals surface area contributed by atoms with Gasteiger partial charge < -0.3 is 14.4 Å². The Hall–Kier alpha value is -3.27. The Morgan fingerprint density at radius 1 is 1.03 bits per heavy atom. The molecule has 0 aliphatic carbocycles. The van der Waals surface area contributed by atoms with Gasteiger partial charge in [-0.2, -0.15) is 0 Å². The van der Waals surface area contributed by atoms with E-state index in [0.717, 1.165) is 46.7 Å². The van der Waals surface area contributed by atoms with Gasteiger partial charge in [-0.15, -0.1) is 0 Å². The van der Waals surface area contributed by atoms with Gasteiger partial charge in [0.2, 0.25) is 6.41 Å². The van der Waals surface area contributed by atoms with Gasteiger partial charge in [-0.3, -0.25) is 4.79 Å². The fourth-order valence-electron chi connectivity index (χ4n) is 4.25. The number of nitrogens with zero attached hydrogens (tertiary/aromatic N) is 1. The summed E-state index contributed by atoms with van der Waals surface area (Å²) in [5, 5.41) is 0. The second-order valence-corrected chi connectivity index (χ2v) is 9.05. The van der Waals surface area contributed by atoms with Crippen LogP contribution in [-0.2, 0) is 16.8 Å². The highest BCUT2D eigenvalue weighted by Gasteiger charge is 2.40. The standard InChI is InChI=1S/C28H31NO3/c1-21(2)15-16-29(20-30)26-12-8-7-11-24(26)28(3)19-32-27-17-23(13-14-25(27)28)31-18-22-9-5-4-6-10-22/h4-14,17,20-21H,15-16,18-19H2,1-3H3. The van der Waals surface area contributed by atoms with E-state index < -0.39 is 0 Å². The molecule has 0 radical (unpaired) electrons. The van der Waals surface area contributed by atoms with Gasteiger partial charge in [0.1, 0.15) is 24.7 Å². The SMILES string of the molecule is CC(C)CCN(C=O)c1ccccc1C1(C)COc2cc(OCc3ccccc3)ccc21. The molecule has 0 aromatic heterocycles. The molecule has 3 aromatic carbocycles. The van der Waals surface area contributed by atoms with Crippen LogP contribution >= 0.6 is 0 Å². The fraction of sp³-hybridized carbons (Fsp3) is 0.321. The topological polar surface area (TPSA) is 38.8 Å². The van der Waals surface area contributed by atoms with Gasteiger partial charge in [0.15, 0.2) is 0 Å². The van der Waals surface area contributed by atoms with E-state index in [4.69, 9.17) is 9.47 Å². The van der Waals surface area contributed by atoms with Crippen molar-refractivity contribution in [2.24, 2.45) is 5.92 Å². The minimum Gasteiger partial charge on any atom is -0.492 e. The van der Waals surface area contributed by atoms with E-state index in [2.05, 4.69) is 45.0 Å². The zero-order valence-electron chi connectivity index (χ0n) is 19.1. The van der Waals surface area contributed by atoms with E-state index in [-0.39, 0.29) is 5.41 Å². The summed E-state index contributed by atoms with van der Waals surface area (Å²) in [6, 6.07) is 24.4. The molecule has 1 aliphatic rings. The number of carbonyl (C=O) groups excluding carboxylic acids is 1. The van der Waals surface area contributed by atoms with E-state index >= 15 is 0 Å². The number of ether oxygens (including phenoxy) is 2. The van der Waals surface area contributed by atoms with Crippen molar-refractivity contribution in [3.63, 3.8) is 0 Å². The summed E-state index contributed by atoms with van der Waals surface area (Å²) in [4.78, 5) is 13.8. The lowest BCUT2D eigenvalue weighted by Gasteiger charge is -2.30. The van der Waals surface area contributed by atoms with Crippen molar-refractivity contribution in [1.29, 1.82) is 0 Å². The van der Waals surface area contributed by atoms with E-state index in [9.17, 15) is 4.79 Å². The lowest BCUT2D eigenvalue weighted by molar-refractivity contribution is -0.107. The van der Waals surface area contributed by atoms with E-state index in [1.807, 2.05) is 53.4 Å². The first-order chi connectivity index (χ1) is 15.5. The summed E-state index contributed by atoms with van der Waals surface area (Å²) in [5.74, 6) is 2.16. The second kappa shape index (κ2) is 9.47. The number of para-hydroxylation sites is 1. The molecule has 0 bridgehead atoms. The van der Waals surface area contributed by atoms with Crippen molar-refractivity contribution < 1.29 is 14.3 Å². The minimum absolute atomic E-state index is 0.344. The molecular formula is C28H31NO3. The molecule has 166 valence electrons. The molecule has 0 N–H and O–H groups in total. The normalized spacial score (nSPS) is 17.0. The monoisotopic (exact) mass is 429 g/mol. The van der Waals surface area contributed by atoms with Gasteiger partial charge in [0.05, 0.1) is 5.41 Å². The summed E-state index contributed by atoms with van der Waals surface area (Å²) in [7, 11) is 0. The molecule has 1 unspecified atom stereocenters. The third-order valence-corrected chi connectivity index (χ3v) is 6.19. The predicted molar refractivity (Wildman–Crippen MR) is 128 cm³/mol. The van der Waals surface area contributed by atoms with E-state index in [1.54, 1.807) is 0 Å². The number of amides is 1. The number of carbonyl (C=O) groups is 1. The summed E-state index contributed by atoms with van der Waals surface area (Å²) in [6.07, 6.45) is 1.90. The van der Waals surface area contributed by atoms with Crippen LogP contribution in [0.3, 0.4) is 0 Å². The van der Waals surface area contributed by atoms with Crippen LogP contribution in [0, 0.1) is 5.92 Å². The number of benzene rings is 3. The third kappa shape index (κ3) is 4.50. The molecule has 0 spiro atoms. The Bertz CT molecular complexity index is 1060. The highest BCUT2D eigenvalue weighted by atomic mass is 16.5. The lowest BCUT2D eigenvalue weighted by Crippen LogP contribution is -2.31. The number of hydrogen-bond donors (Lipinski definition) is 0. The van der Waals surface area contributed by atoms with Crippen molar-refractivity contribution in [3.05, 3.63) is 89.5 Å². The first-order valence-electron chi connectivity index (χ1n) is 11.3. The average molecular weight is 430 g/mol. The summed E-state index contributed by atoms with van der Waals surface area (Å²) in [6.45, 7) is 8.29. The molecule has 4 rings (SSSR count). The quantitative estimate of drug-likeness (QED) is 0.393. The van der Waals surface area contributed by atoms with Gasteiger partial charge >= 0.3 is 0 Å². The third-order valence-electron chi connectivity index (χ3n) is 6.19. The maximum absolute atomic E-state index is 11.9. The van der Waals surface area contributed by atoms with Crippen LogP contribution in [0.1, 0.15) is 43.9 Å². The highest BCUT2D eigenvalue weighted by Crippen LogP contribution is 2.47. The van der Waals surface area contributed by atoms with Gasteiger partial charge in [-0.25, -0.2) is 0 Å². The van der Waals surface area contributed by atoms with Crippen LogP contribution in [0.25, 0.3) is 0 Å². The van der Waals surface area contributed by atoms with Crippen LogP contribution < -0.4 is 14.4 Å². The molecule has 0 saturated heterocycles. The molecule has 1 amide bonds. The molecular weight excluding hydrogens is 398 g/mol. The van der Waals surface area contributed by atoms with Crippen LogP contribution in [-0.4, -0.2) is 19.6 Å². The van der Waals surface area contributed by atoms with E-state index in [0.29, 0.717) is 25.7 Å². The molecule has 3 aromatic rings. The Kier molecular flexibility index (Phi) is 6.50. The number of hydrogen-bond acceptors (Lipinski definition) is 3. The zero-order chi connectivity index (χ0) is 22.6. The molecule has 4 heteroatoms. The maximum atomic E-state index is 11.9. The van der Waals surface area contributed by atoms with E-state index in [1.165, 1.54) is 0 Å².